The fourth-order valence-corrected chi connectivity index (χ4v) is 3.82. The van der Waals surface area contributed by atoms with Gasteiger partial charge in [0, 0.05) is 36.6 Å². The van der Waals surface area contributed by atoms with Gasteiger partial charge in [0.15, 0.2) is 0 Å². The molecule has 0 spiro atoms. The number of nitrogens with one attached hydrogen (secondary N) is 1. The van der Waals surface area contributed by atoms with Gasteiger partial charge < -0.3 is 5.73 Å². The van der Waals surface area contributed by atoms with E-state index >= 15 is 0 Å². The van der Waals surface area contributed by atoms with Gasteiger partial charge >= 0.3 is 0 Å². The summed E-state index contributed by atoms with van der Waals surface area (Å²) in [7, 11) is 0. The lowest BCUT2D eigenvalue weighted by Gasteiger charge is -2.38. The van der Waals surface area contributed by atoms with Crippen LogP contribution in [-0.4, -0.2) is 34.8 Å². The number of hydrogen-bond acceptors (Lipinski definition) is 3. The van der Waals surface area contributed by atoms with Crippen molar-refractivity contribution in [2.75, 3.05) is 18.8 Å². The molecule has 0 saturated carbocycles. The molecule has 2 rings (SSSR count). The smallest absolute Gasteiger partial charge is 0.0924 e. The monoisotopic (exact) mass is 277 g/mol. The van der Waals surface area contributed by atoms with E-state index < -0.39 is 0 Å². The summed E-state index contributed by atoms with van der Waals surface area (Å²) in [5.41, 5.74) is 6.93. The zero-order valence-electron chi connectivity index (χ0n) is 11.5. The molecule has 3 N–H and O–H groups in total. The number of benzene rings is 1. The van der Waals surface area contributed by atoms with Crippen molar-refractivity contribution in [3.05, 3.63) is 35.9 Å². The highest BCUT2D eigenvalue weighted by atomic mass is 32.2. The van der Waals surface area contributed by atoms with E-state index in [2.05, 4.69) is 47.9 Å². The quantitative estimate of drug-likeness (QED) is 0.643. The van der Waals surface area contributed by atoms with E-state index in [1.54, 1.807) is 0 Å². The number of thioether (sulfide) groups is 1. The Morgan fingerprint density at radius 2 is 2.21 bits per heavy atom. The molecule has 1 aliphatic heterocycles. The second-order valence-electron chi connectivity index (χ2n) is 5.05. The van der Waals surface area contributed by atoms with Gasteiger partial charge in [0.2, 0.25) is 0 Å². The Kier molecular flexibility index (Phi) is 5.28. The highest BCUT2D eigenvalue weighted by molar-refractivity contribution is 8.00. The van der Waals surface area contributed by atoms with Gasteiger partial charge in [-0.1, -0.05) is 37.3 Å². The van der Waals surface area contributed by atoms with Crippen molar-refractivity contribution in [3.8, 4) is 0 Å². The second kappa shape index (κ2) is 6.96. The molecule has 104 valence electrons. The standard InChI is InChI=1S/C15H23N3S/c1-2-13-11-18(8-9-19-13)14(10-15(16)17)12-6-4-3-5-7-12/h3-7,13-14H,2,8-11H2,1H3,(H3,16,17). The first-order valence-corrected chi connectivity index (χ1v) is 7.99. The van der Waals surface area contributed by atoms with Crippen molar-refractivity contribution < 1.29 is 0 Å². The largest absolute Gasteiger partial charge is 0.388 e. The molecule has 2 unspecified atom stereocenters. The third-order valence-corrected chi connectivity index (χ3v) is 5.04. The number of rotatable bonds is 5. The molecule has 1 aliphatic rings. The van der Waals surface area contributed by atoms with E-state index in [1.165, 1.54) is 17.7 Å². The van der Waals surface area contributed by atoms with Gasteiger partial charge in [0.1, 0.15) is 0 Å². The van der Waals surface area contributed by atoms with Gasteiger partial charge in [0.25, 0.3) is 0 Å². The van der Waals surface area contributed by atoms with Crippen LogP contribution in [0.25, 0.3) is 0 Å². The van der Waals surface area contributed by atoms with Crippen LogP contribution in [0.2, 0.25) is 0 Å². The lowest BCUT2D eigenvalue weighted by molar-refractivity contribution is 0.207. The van der Waals surface area contributed by atoms with Crippen LogP contribution >= 0.6 is 11.8 Å². The van der Waals surface area contributed by atoms with Crippen LogP contribution in [0.15, 0.2) is 30.3 Å². The topological polar surface area (TPSA) is 53.1 Å². The minimum atomic E-state index is 0.258. The van der Waals surface area contributed by atoms with Crippen LogP contribution in [0.5, 0.6) is 0 Å². The summed E-state index contributed by atoms with van der Waals surface area (Å²) in [5, 5.41) is 8.35. The zero-order valence-corrected chi connectivity index (χ0v) is 12.3. The lowest BCUT2D eigenvalue weighted by Crippen LogP contribution is -2.41. The van der Waals surface area contributed by atoms with Crippen molar-refractivity contribution in [1.82, 2.24) is 4.90 Å². The Labute approximate surface area is 120 Å². The Bertz CT molecular complexity index is 407. The summed E-state index contributed by atoms with van der Waals surface area (Å²) in [6.45, 7) is 4.45. The predicted octanol–water partition coefficient (Wildman–Crippen LogP) is 2.88. The van der Waals surface area contributed by atoms with Crippen molar-refractivity contribution in [3.63, 3.8) is 0 Å². The number of hydrogen-bond donors (Lipinski definition) is 2. The Morgan fingerprint density at radius 1 is 1.47 bits per heavy atom. The van der Waals surface area contributed by atoms with Crippen molar-refractivity contribution in [2.24, 2.45) is 5.73 Å². The molecule has 3 nitrogen and oxygen atoms in total. The molecular formula is C15H23N3S. The lowest BCUT2D eigenvalue weighted by atomic mass is 10.0. The van der Waals surface area contributed by atoms with E-state index in [0.717, 1.165) is 13.1 Å². The minimum Gasteiger partial charge on any atom is -0.388 e. The molecular weight excluding hydrogens is 254 g/mol. The van der Waals surface area contributed by atoms with Gasteiger partial charge in [0.05, 0.1) is 5.84 Å². The van der Waals surface area contributed by atoms with Crippen LogP contribution in [-0.2, 0) is 0 Å². The summed E-state index contributed by atoms with van der Waals surface area (Å²) in [4.78, 5) is 2.50. The molecule has 1 saturated heterocycles. The normalized spacial score (nSPS) is 22.1. The van der Waals surface area contributed by atoms with E-state index in [9.17, 15) is 0 Å². The fraction of sp³-hybridized carbons (Fsp3) is 0.533. The number of nitrogens with zero attached hydrogens (tertiary/aromatic N) is 1. The maximum Gasteiger partial charge on any atom is 0.0924 e. The molecule has 19 heavy (non-hydrogen) atoms. The van der Waals surface area contributed by atoms with E-state index in [1.807, 2.05) is 6.07 Å². The van der Waals surface area contributed by atoms with Crippen molar-refractivity contribution in [2.45, 2.75) is 31.1 Å². The summed E-state index contributed by atoms with van der Waals surface area (Å²) in [5.74, 6) is 1.46. The maximum atomic E-state index is 7.63. The highest BCUT2D eigenvalue weighted by Crippen LogP contribution is 2.30. The average molecular weight is 277 g/mol. The van der Waals surface area contributed by atoms with Crippen LogP contribution < -0.4 is 5.73 Å². The molecule has 0 aliphatic carbocycles. The zero-order chi connectivity index (χ0) is 13.7. The third kappa shape index (κ3) is 3.98. The SMILES string of the molecule is CCC1CN(C(CC(=N)N)c2ccccc2)CCS1. The highest BCUT2D eigenvalue weighted by Gasteiger charge is 2.26. The first kappa shape index (κ1) is 14.4. The molecule has 0 amide bonds. The van der Waals surface area contributed by atoms with Crippen molar-refractivity contribution in [1.29, 1.82) is 5.41 Å². The van der Waals surface area contributed by atoms with E-state index in [4.69, 9.17) is 11.1 Å². The molecule has 2 atom stereocenters. The number of nitrogens with two attached hydrogens (primary N) is 1. The number of amidine groups is 1. The Balaban J connectivity index is 2.15. The Hall–Kier alpha value is -1.00. The fourth-order valence-electron chi connectivity index (χ4n) is 2.61. The van der Waals surface area contributed by atoms with Crippen molar-refractivity contribution >= 4 is 17.6 Å². The summed E-state index contributed by atoms with van der Waals surface area (Å²) in [6.07, 6.45) is 1.84. The molecule has 1 aromatic rings. The first-order valence-electron chi connectivity index (χ1n) is 6.94. The summed E-state index contributed by atoms with van der Waals surface area (Å²) >= 11 is 2.07. The van der Waals surface area contributed by atoms with Crippen LogP contribution in [0, 0.1) is 5.41 Å². The first-order chi connectivity index (χ1) is 9.20. The van der Waals surface area contributed by atoms with Gasteiger partial charge in [-0.05, 0) is 12.0 Å². The molecule has 1 aromatic carbocycles. The molecule has 4 heteroatoms. The van der Waals surface area contributed by atoms with Gasteiger partial charge in [-0.3, -0.25) is 10.3 Å². The van der Waals surface area contributed by atoms with Gasteiger partial charge in [-0.15, -0.1) is 0 Å². The van der Waals surface area contributed by atoms with Crippen LogP contribution in [0.1, 0.15) is 31.4 Å². The summed E-state index contributed by atoms with van der Waals surface area (Å²) in [6, 6.07) is 10.7. The summed E-state index contributed by atoms with van der Waals surface area (Å²) < 4.78 is 0. The average Bonchev–Trinajstić information content (AvgIpc) is 2.45. The molecule has 1 heterocycles. The third-order valence-electron chi connectivity index (χ3n) is 3.66. The maximum absolute atomic E-state index is 7.63. The van der Waals surface area contributed by atoms with Gasteiger partial charge in [-0.25, -0.2) is 0 Å². The van der Waals surface area contributed by atoms with E-state index in [-0.39, 0.29) is 11.9 Å². The van der Waals surface area contributed by atoms with E-state index in [0.29, 0.717) is 11.7 Å². The van der Waals surface area contributed by atoms with Crippen LogP contribution in [0.3, 0.4) is 0 Å². The molecule has 0 aromatic heterocycles. The predicted molar refractivity (Wildman–Crippen MR) is 83.8 cm³/mol. The molecule has 0 bridgehead atoms. The minimum absolute atomic E-state index is 0.258. The molecule has 0 radical (unpaired) electrons. The molecule has 1 fully saturated rings. The van der Waals surface area contributed by atoms with Crippen LogP contribution in [0.4, 0.5) is 0 Å². The Morgan fingerprint density at radius 3 is 2.84 bits per heavy atom. The van der Waals surface area contributed by atoms with Gasteiger partial charge in [-0.2, -0.15) is 11.8 Å². The second-order valence-corrected chi connectivity index (χ2v) is 6.46.